The molecule has 3 rings (SSSR count). The van der Waals surface area contributed by atoms with Gasteiger partial charge in [-0.05, 0) is 64.0 Å². The van der Waals surface area contributed by atoms with E-state index in [1.165, 1.54) is 0 Å². The summed E-state index contributed by atoms with van der Waals surface area (Å²) in [6, 6.07) is 18.0. The third kappa shape index (κ3) is 5.69. The fourth-order valence-corrected chi connectivity index (χ4v) is 4.05. The third-order valence-corrected chi connectivity index (χ3v) is 5.76. The molecule has 3 aromatic rings. The van der Waals surface area contributed by atoms with Gasteiger partial charge in [0, 0.05) is 26.2 Å². The molecule has 2 nitrogen and oxygen atoms in total. The maximum absolute atomic E-state index is 9.55. The van der Waals surface area contributed by atoms with Crippen LogP contribution in [0, 0.1) is 11.3 Å². The van der Waals surface area contributed by atoms with Crippen molar-refractivity contribution in [3.63, 3.8) is 0 Å². The Hall–Kier alpha value is -1.67. The smallest absolute Gasteiger partial charge is 0.134 e. The number of hydrogen-bond acceptors (Lipinski definition) is 2. The van der Waals surface area contributed by atoms with Gasteiger partial charge >= 0.3 is 0 Å². The summed E-state index contributed by atoms with van der Waals surface area (Å²) >= 11 is 27.8. The highest BCUT2D eigenvalue weighted by molar-refractivity contribution is 9.10. The van der Waals surface area contributed by atoms with Crippen LogP contribution in [0.15, 0.2) is 59.1 Å². The van der Waals surface area contributed by atoms with Crippen molar-refractivity contribution >= 4 is 74.0 Å². The molecule has 0 atom stereocenters. The fourth-order valence-electron chi connectivity index (χ4n) is 2.56. The van der Waals surface area contributed by atoms with Gasteiger partial charge in [-0.3, -0.25) is 0 Å². The standard InChI is InChI=1S/C22H12BrCl4NO/c23-19-8-13(7-15(11-28)18-5-4-17(25)10-21(18)27)1-6-22(19)29-12-14-2-3-16(24)9-20(14)26/h1-10H,12H2/b15-7+. The molecule has 0 N–H and O–H groups in total. The van der Waals surface area contributed by atoms with Crippen molar-refractivity contribution in [2.24, 2.45) is 0 Å². The van der Waals surface area contributed by atoms with E-state index < -0.39 is 0 Å². The maximum Gasteiger partial charge on any atom is 0.134 e. The second-order valence-corrected chi connectivity index (χ2v) is 8.55. The van der Waals surface area contributed by atoms with Crippen molar-refractivity contribution in [3.8, 4) is 11.8 Å². The van der Waals surface area contributed by atoms with Crippen molar-refractivity contribution in [2.45, 2.75) is 6.61 Å². The molecule has 0 saturated carbocycles. The minimum Gasteiger partial charge on any atom is -0.488 e. The first-order valence-corrected chi connectivity index (χ1v) is 10.6. The second kappa shape index (κ2) is 9.89. The number of hydrogen-bond donors (Lipinski definition) is 0. The molecule has 146 valence electrons. The monoisotopic (exact) mass is 525 g/mol. The van der Waals surface area contributed by atoms with Crippen molar-refractivity contribution in [1.82, 2.24) is 0 Å². The molecule has 29 heavy (non-hydrogen) atoms. The van der Waals surface area contributed by atoms with Gasteiger partial charge in [-0.15, -0.1) is 0 Å². The lowest BCUT2D eigenvalue weighted by atomic mass is 10.0. The van der Waals surface area contributed by atoms with E-state index in [9.17, 15) is 5.26 Å². The second-order valence-electron chi connectivity index (χ2n) is 6.01. The van der Waals surface area contributed by atoms with E-state index in [0.29, 0.717) is 43.6 Å². The Kier molecular flexibility index (Phi) is 7.51. The van der Waals surface area contributed by atoms with E-state index in [1.807, 2.05) is 24.3 Å². The first kappa shape index (κ1) is 22.0. The molecular formula is C22H12BrCl4NO. The summed E-state index contributed by atoms with van der Waals surface area (Å²) in [4.78, 5) is 0. The lowest BCUT2D eigenvalue weighted by Gasteiger charge is -2.10. The van der Waals surface area contributed by atoms with Crippen LogP contribution in [0.25, 0.3) is 11.6 Å². The normalized spacial score (nSPS) is 11.2. The summed E-state index contributed by atoms with van der Waals surface area (Å²) in [6.07, 6.45) is 1.75. The molecule has 0 bridgehead atoms. The first-order chi connectivity index (χ1) is 13.9. The van der Waals surface area contributed by atoms with Crippen molar-refractivity contribution in [2.75, 3.05) is 0 Å². The number of ether oxygens (including phenoxy) is 1. The summed E-state index contributed by atoms with van der Waals surface area (Å²) < 4.78 is 6.60. The number of nitrogens with zero attached hydrogens (tertiary/aromatic N) is 1. The molecule has 0 fully saturated rings. The molecule has 0 amide bonds. The number of benzene rings is 3. The van der Waals surface area contributed by atoms with E-state index >= 15 is 0 Å². The minimum atomic E-state index is 0.299. The Morgan fingerprint density at radius 1 is 0.931 bits per heavy atom. The Labute approximate surface area is 197 Å². The summed E-state index contributed by atoms with van der Waals surface area (Å²) in [5.74, 6) is 0.649. The molecule has 0 spiro atoms. The molecule has 0 aliphatic rings. The van der Waals surface area contributed by atoms with Crippen molar-refractivity contribution < 1.29 is 4.74 Å². The SMILES string of the molecule is N#C/C(=C\c1ccc(OCc2ccc(Cl)cc2Cl)c(Br)c1)c1ccc(Cl)cc1Cl. The van der Waals surface area contributed by atoms with Crippen molar-refractivity contribution in [1.29, 1.82) is 5.26 Å². The van der Waals surface area contributed by atoms with Crippen LogP contribution < -0.4 is 4.74 Å². The van der Waals surface area contributed by atoms with Gasteiger partial charge in [0.25, 0.3) is 0 Å². The fraction of sp³-hybridized carbons (Fsp3) is 0.0455. The van der Waals surface area contributed by atoms with Crippen LogP contribution in [0.2, 0.25) is 20.1 Å². The Morgan fingerprint density at radius 2 is 1.62 bits per heavy atom. The highest BCUT2D eigenvalue weighted by atomic mass is 79.9. The predicted octanol–water partition coefficient (Wildman–Crippen LogP) is 8.71. The van der Waals surface area contributed by atoms with Gasteiger partial charge < -0.3 is 4.74 Å². The maximum atomic E-state index is 9.55. The lowest BCUT2D eigenvalue weighted by Crippen LogP contribution is -1.97. The van der Waals surface area contributed by atoms with Crippen LogP contribution in [-0.4, -0.2) is 0 Å². The van der Waals surface area contributed by atoms with Gasteiger partial charge in [-0.25, -0.2) is 0 Å². The van der Waals surface area contributed by atoms with Crippen molar-refractivity contribution in [3.05, 3.63) is 95.9 Å². The van der Waals surface area contributed by atoms with E-state index in [0.717, 1.165) is 15.6 Å². The molecule has 0 aliphatic carbocycles. The number of rotatable bonds is 5. The number of nitriles is 1. The Balaban J connectivity index is 1.81. The number of allylic oxidation sites excluding steroid dienone is 1. The Bertz CT molecular complexity index is 1140. The summed E-state index contributed by atoms with van der Waals surface area (Å²) in [5, 5.41) is 11.6. The molecule has 0 saturated heterocycles. The largest absolute Gasteiger partial charge is 0.488 e. The summed E-state index contributed by atoms with van der Waals surface area (Å²) in [5.41, 5.74) is 2.69. The summed E-state index contributed by atoms with van der Waals surface area (Å²) in [6.45, 7) is 0.299. The van der Waals surface area contributed by atoms with Gasteiger partial charge in [0.1, 0.15) is 12.4 Å². The van der Waals surface area contributed by atoms with E-state index in [2.05, 4.69) is 22.0 Å². The van der Waals surface area contributed by atoms with E-state index in [1.54, 1.807) is 36.4 Å². The van der Waals surface area contributed by atoms with Gasteiger partial charge in [0.2, 0.25) is 0 Å². The average molecular weight is 528 g/mol. The molecular weight excluding hydrogens is 516 g/mol. The van der Waals surface area contributed by atoms with Crippen LogP contribution in [0.5, 0.6) is 5.75 Å². The predicted molar refractivity (Wildman–Crippen MR) is 125 cm³/mol. The molecule has 0 aliphatic heterocycles. The van der Waals surface area contributed by atoms with Gasteiger partial charge in [0.05, 0.1) is 21.1 Å². The van der Waals surface area contributed by atoms with Crippen LogP contribution in [-0.2, 0) is 6.61 Å². The Morgan fingerprint density at radius 3 is 2.24 bits per heavy atom. The lowest BCUT2D eigenvalue weighted by molar-refractivity contribution is 0.304. The van der Waals surface area contributed by atoms with Crippen LogP contribution in [0.4, 0.5) is 0 Å². The highest BCUT2D eigenvalue weighted by Gasteiger charge is 2.09. The highest BCUT2D eigenvalue weighted by Crippen LogP contribution is 2.32. The van der Waals surface area contributed by atoms with E-state index in [-0.39, 0.29) is 0 Å². The van der Waals surface area contributed by atoms with Gasteiger partial charge in [-0.1, -0.05) is 64.6 Å². The molecule has 0 unspecified atom stereocenters. The molecule has 0 radical (unpaired) electrons. The third-order valence-electron chi connectivity index (χ3n) is 4.01. The number of halogens is 5. The molecule has 0 aromatic heterocycles. The van der Waals surface area contributed by atoms with Crippen LogP contribution in [0.1, 0.15) is 16.7 Å². The zero-order valence-electron chi connectivity index (χ0n) is 14.7. The summed E-state index contributed by atoms with van der Waals surface area (Å²) in [7, 11) is 0. The molecule has 0 heterocycles. The quantitative estimate of drug-likeness (QED) is 0.245. The molecule has 3 aromatic carbocycles. The van der Waals surface area contributed by atoms with Gasteiger partial charge in [-0.2, -0.15) is 5.26 Å². The average Bonchev–Trinajstić information content (AvgIpc) is 2.67. The van der Waals surface area contributed by atoms with Crippen LogP contribution >= 0.6 is 62.3 Å². The molecule has 7 heteroatoms. The zero-order valence-corrected chi connectivity index (χ0v) is 19.3. The van der Waals surface area contributed by atoms with Gasteiger partial charge in [0.15, 0.2) is 0 Å². The topological polar surface area (TPSA) is 33.0 Å². The zero-order chi connectivity index (χ0) is 21.0. The van der Waals surface area contributed by atoms with Crippen LogP contribution in [0.3, 0.4) is 0 Å². The minimum absolute atomic E-state index is 0.299. The van der Waals surface area contributed by atoms with E-state index in [4.69, 9.17) is 51.1 Å². The first-order valence-electron chi connectivity index (χ1n) is 8.31.